The summed E-state index contributed by atoms with van der Waals surface area (Å²) in [5, 5.41) is 9.10. The number of ether oxygens (including phenoxy) is 1. The maximum Gasteiger partial charge on any atom is 0.344 e. The summed E-state index contributed by atoms with van der Waals surface area (Å²) in [6.07, 6.45) is -0.344. The van der Waals surface area contributed by atoms with Crippen LogP contribution >= 0.6 is 0 Å². The number of carbonyl (C=O) groups excluding carboxylic acids is 1. The van der Waals surface area contributed by atoms with Crippen molar-refractivity contribution in [2.24, 2.45) is 0 Å². The first-order valence-electron chi connectivity index (χ1n) is 3.26. The average Bonchev–Trinajstić information content (AvgIpc) is 2.09. The second-order valence-corrected chi connectivity index (χ2v) is 2.26. The molecule has 1 heterocycles. The lowest BCUT2D eigenvalue weighted by Gasteiger charge is -1.98. The Hall–Kier alpha value is -0.830. The fraction of sp³-hybridized carbons (Fsp3) is 0.571. The van der Waals surface area contributed by atoms with E-state index in [1.807, 2.05) is 6.92 Å². The van der Waals surface area contributed by atoms with E-state index in [1.54, 1.807) is 6.92 Å². The van der Waals surface area contributed by atoms with Gasteiger partial charge in [0.2, 0.25) is 0 Å². The van der Waals surface area contributed by atoms with Crippen molar-refractivity contribution >= 4 is 5.97 Å². The molecule has 0 fully saturated rings. The molecule has 1 N–H and O–H groups in total. The molecule has 1 aliphatic heterocycles. The van der Waals surface area contributed by atoms with Crippen LogP contribution in [-0.4, -0.2) is 17.2 Å². The van der Waals surface area contributed by atoms with Crippen LogP contribution in [0.5, 0.6) is 0 Å². The van der Waals surface area contributed by atoms with Gasteiger partial charge in [0, 0.05) is 5.57 Å². The Bertz CT molecular complexity index is 193. The fourth-order valence-corrected chi connectivity index (χ4v) is 1.05. The zero-order valence-electron chi connectivity index (χ0n) is 6.05. The van der Waals surface area contributed by atoms with Crippen LogP contribution in [0.2, 0.25) is 0 Å². The van der Waals surface area contributed by atoms with Crippen LogP contribution in [0.1, 0.15) is 20.3 Å². The number of esters is 1. The predicted molar refractivity (Wildman–Crippen MR) is 35.1 cm³/mol. The van der Waals surface area contributed by atoms with Crippen LogP contribution in [0.25, 0.3) is 0 Å². The Morgan fingerprint density at radius 1 is 1.70 bits per heavy atom. The largest absolute Gasteiger partial charge is 0.429 e. The Morgan fingerprint density at radius 3 is 2.50 bits per heavy atom. The third kappa shape index (κ3) is 0.926. The molecule has 1 aliphatic rings. The summed E-state index contributed by atoms with van der Waals surface area (Å²) in [5.74, 6) is 0.00866. The van der Waals surface area contributed by atoms with Crippen LogP contribution in [0, 0.1) is 0 Å². The number of carbonyl (C=O) groups is 1. The van der Waals surface area contributed by atoms with Crippen LogP contribution in [0.4, 0.5) is 0 Å². The highest BCUT2D eigenvalue weighted by Gasteiger charge is 2.30. The minimum atomic E-state index is -1.01. The van der Waals surface area contributed by atoms with Gasteiger partial charge in [0.25, 0.3) is 0 Å². The van der Waals surface area contributed by atoms with Crippen LogP contribution in [-0.2, 0) is 9.53 Å². The fourth-order valence-electron chi connectivity index (χ4n) is 1.05. The van der Waals surface area contributed by atoms with E-state index >= 15 is 0 Å². The number of aliphatic hydroxyl groups is 1. The summed E-state index contributed by atoms with van der Waals surface area (Å²) in [6, 6.07) is 0. The molecule has 56 valence electrons. The number of aliphatic hydroxyl groups excluding tert-OH is 1. The molecule has 10 heavy (non-hydrogen) atoms. The lowest BCUT2D eigenvalue weighted by Crippen LogP contribution is -2.16. The van der Waals surface area contributed by atoms with Crippen molar-refractivity contribution < 1.29 is 14.6 Å². The summed E-state index contributed by atoms with van der Waals surface area (Å²) >= 11 is 0. The molecule has 1 unspecified atom stereocenters. The van der Waals surface area contributed by atoms with Crippen LogP contribution in [0.3, 0.4) is 0 Å². The SMILES string of the molecule is CCC1=C(C)OC(=O)C1O. The van der Waals surface area contributed by atoms with Gasteiger partial charge in [0.1, 0.15) is 5.76 Å². The van der Waals surface area contributed by atoms with Gasteiger partial charge in [-0.05, 0) is 13.3 Å². The highest BCUT2D eigenvalue weighted by Crippen LogP contribution is 2.22. The first-order valence-corrected chi connectivity index (χ1v) is 3.26. The topological polar surface area (TPSA) is 46.5 Å². The molecule has 0 saturated carbocycles. The quantitative estimate of drug-likeness (QED) is 0.545. The molecule has 1 atom stereocenters. The van der Waals surface area contributed by atoms with Gasteiger partial charge in [-0.25, -0.2) is 4.79 Å². The van der Waals surface area contributed by atoms with E-state index in [9.17, 15) is 4.79 Å². The molecule has 3 nitrogen and oxygen atoms in total. The van der Waals surface area contributed by atoms with Gasteiger partial charge in [0.05, 0.1) is 0 Å². The molecule has 0 saturated heterocycles. The molecular formula is C7H10O3. The summed E-state index contributed by atoms with van der Waals surface area (Å²) in [4.78, 5) is 10.6. The second kappa shape index (κ2) is 2.42. The summed E-state index contributed by atoms with van der Waals surface area (Å²) in [7, 11) is 0. The maximum atomic E-state index is 10.6. The molecule has 0 aromatic rings. The van der Waals surface area contributed by atoms with Crippen molar-refractivity contribution in [3.63, 3.8) is 0 Å². The van der Waals surface area contributed by atoms with Gasteiger partial charge < -0.3 is 9.84 Å². The number of hydrogen-bond donors (Lipinski definition) is 1. The molecule has 0 spiro atoms. The Morgan fingerprint density at radius 2 is 2.30 bits per heavy atom. The molecule has 0 aromatic carbocycles. The molecular weight excluding hydrogens is 132 g/mol. The third-order valence-corrected chi connectivity index (χ3v) is 1.64. The van der Waals surface area contributed by atoms with Gasteiger partial charge in [0.15, 0.2) is 6.10 Å². The van der Waals surface area contributed by atoms with Crippen LogP contribution < -0.4 is 0 Å². The van der Waals surface area contributed by atoms with E-state index in [1.165, 1.54) is 0 Å². The minimum absolute atomic E-state index is 0.547. The number of cyclic esters (lactones) is 1. The monoisotopic (exact) mass is 142 g/mol. The Kier molecular flexibility index (Phi) is 1.76. The third-order valence-electron chi connectivity index (χ3n) is 1.64. The molecule has 0 aliphatic carbocycles. The van der Waals surface area contributed by atoms with E-state index < -0.39 is 12.1 Å². The minimum Gasteiger partial charge on any atom is -0.429 e. The average molecular weight is 142 g/mol. The van der Waals surface area contributed by atoms with E-state index in [-0.39, 0.29) is 0 Å². The summed E-state index contributed by atoms with van der Waals surface area (Å²) < 4.78 is 4.67. The van der Waals surface area contributed by atoms with Gasteiger partial charge in [-0.3, -0.25) is 0 Å². The van der Waals surface area contributed by atoms with Gasteiger partial charge in [-0.1, -0.05) is 6.92 Å². The zero-order valence-corrected chi connectivity index (χ0v) is 6.05. The second-order valence-electron chi connectivity index (χ2n) is 2.26. The summed E-state index contributed by atoms with van der Waals surface area (Å²) in [5.41, 5.74) is 0.699. The van der Waals surface area contributed by atoms with E-state index in [2.05, 4.69) is 4.74 Å². The highest BCUT2D eigenvalue weighted by atomic mass is 16.6. The van der Waals surface area contributed by atoms with E-state index in [0.29, 0.717) is 17.8 Å². The number of rotatable bonds is 1. The van der Waals surface area contributed by atoms with Crippen LogP contribution in [0.15, 0.2) is 11.3 Å². The van der Waals surface area contributed by atoms with Crippen molar-refractivity contribution in [1.29, 1.82) is 0 Å². The van der Waals surface area contributed by atoms with Crippen molar-refractivity contribution in [3.8, 4) is 0 Å². The predicted octanol–water partition coefficient (Wildman–Crippen LogP) is 0.588. The van der Waals surface area contributed by atoms with Crippen molar-refractivity contribution in [3.05, 3.63) is 11.3 Å². The first kappa shape index (κ1) is 7.28. The smallest absolute Gasteiger partial charge is 0.344 e. The molecule has 0 amide bonds. The molecule has 0 aromatic heterocycles. The Labute approximate surface area is 59.3 Å². The van der Waals surface area contributed by atoms with Crippen molar-refractivity contribution in [2.45, 2.75) is 26.4 Å². The van der Waals surface area contributed by atoms with Gasteiger partial charge in [-0.15, -0.1) is 0 Å². The number of allylic oxidation sites excluding steroid dienone is 1. The first-order chi connectivity index (χ1) is 4.66. The Balaban J connectivity index is 2.84. The van der Waals surface area contributed by atoms with Crippen molar-refractivity contribution in [2.75, 3.05) is 0 Å². The number of hydrogen-bond acceptors (Lipinski definition) is 3. The summed E-state index contributed by atoms with van der Waals surface area (Å²) in [6.45, 7) is 3.57. The van der Waals surface area contributed by atoms with E-state index in [0.717, 1.165) is 0 Å². The molecule has 0 bridgehead atoms. The van der Waals surface area contributed by atoms with E-state index in [4.69, 9.17) is 5.11 Å². The van der Waals surface area contributed by atoms with Gasteiger partial charge in [-0.2, -0.15) is 0 Å². The lowest BCUT2D eigenvalue weighted by molar-refractivity contribution is -0.143. The molecule has 1 rings (SSSR count). The molecule has 0 radical (unpaired) electrons. The normalized spacial score (nSPS) is 25.5. The lowest BCUT2D eigenvalue weighted by atomic mass is 10.1. The zero-order chi connectivity index (χ0) is 7.72. The molecule has 3 heteroatoms. The van der Waals surface area contributed by atoms with Gasteiger partial charge >= 0.3 is 5.97 Å². The highest BCUT2D eigenvalue weighted by molar-refractivity contribution is 5.82. The maximum absolute atomic E-state index is 10.6. The standard InChI is InChI=1S/C7H10O3/c1-3-5-4(2)10-7(9)6(5)8/h6,8H,3H2,1-2H3. The van der Waals surface area contributed by atoms with Crippen molar-refractivity contribution in [1.82, 2.24) is 0 Å².